The predicted molar refractivity (Wildman–Crippen MR) is 151 cm³/mol. The molecule has 8 heteroatoms. The predicted octanol–water partition coefficient (Wildman–Crippen LogP) is 5.81. The molecule has 2 aliphatic rings. The van der Waals surface area contributed by atoms with E-state index in [1.807, 2.05) is 44.7 Å². The quantitative estimate of drug-likeness (QED) is 0.450. The molecule has 2 amide bonds. The van der Waals surface area contributed by atoms with Gasteiger partial charge in [0.05, 0.1) is 5.41 Å². The van der Waals surface area contributed by atoms with Crippen molar-refractivity contribution in [1.82, 2.24) is 15.5 Å². The molecule has 2 aromatic carbocycles. The van der Waals surface area contributed by atoms with E-state index in [4.69, 9.17) is 11.6 Å². The molecule has 0 saturated carbocycles. The zero-order valence-corrected chi connectivity index (χ0v) is 24.1. The first-order valence-electron chi connectivity index (χ1n) is 14.0. The molecule has 2 saturated heterocycles. The van der Waals surface area contributed by atoms with Crippen molar-refractivity contribution in [2.24, 2.45) is 10.8 Å². The molecule has 0 bridgehead atoms. The van der Waals surface area contributed by atoms with Gasteiger partial charge in [-0.3, -0.25) is 9.59 Å². The standard InChI is InChI=1S/C31H40ClF2N3O2/c1-5-28(38)36-13-10-21-16-22(32)6-8-24(21)20-11-14-37(15-12-20)29(39)31(30(2,3)4)19-35-18-26(31)25-9-7-23(33)17-27(25)34/h6-9,16-17,20,26,35H,5,10-15,18-19H2,1-4H3,(H,36,38)/t26-,31+/m0/s1. The van der Waals surface area contributed by atoms with Crippen LogP contribution in [-0.4, -0.2) is 49.4 Å². The summed E-state index contributed by atoms with van der Waals surface area (Å²) in [7, 11) is 0. The van der Waals surface area contributed by atoms with E-state index in [1.54, 1.807) is 0 Å². The molecule has 0 unspecified atom stereocenters. The topological polar surface area (TPSA) is 61.4 Å². The SMILES string of the molecule is CCC(=O)NCCc1cc(Cl)ccc1C1CCN(C(=O)[C@@]2(C(C)(C)C)CNC[C@H]2c2ccc(F)cc2F)CC1. The normalized spacial score (nSPS) is 22.2. The highest BCUT2D eigenvalue weighted by molar-refractivity contribution is 6.30. The number of carbonyl (C=O) groups is 2. The van der Waals surface area contributed by atoms with E-state index in [1.165, 1.54) is 17.7 Å². The summed E-state index contributed by atoms with van der Waals surface area (Å²) in [6.45, 7) is 10.6. The minimum absolute atomic E-state index is 0.0263. The fourth-order valence-electron chi connectivity index (χ4n) is 6.53. The second kappa shape index (κ2) is 11.9. The lowest BCUT2D eigenvalue weighted by Crippen LogP contribution is -2.56. The molecule has 5 nitrogen and oxygen atoms in total. The van der Waals surface area contributed by atoms with Crippen LogP contribution in [0.5, 0.6) is 0 Å². The third-order valence-corrected chi connectivity index (χ3v) is 9.00. The van der Waals surface area contributed by atoms with Crippen LogP contribution in [-0.2, 0) is 16.0 Å². The van der Waals surface area contributed by atoms with Gasteiger partial charge in [-0.25, -0.2) is 8.78 Å². The van der Waals surface area contributed by atoms with E-state index in [0.717, 1.165) is 24.5 Å². The van der Waals surface area contributed by atoms with Crippen LogP contribution in [0.3, 0.4) is 0 Å². The average molecular weight is 560 g/mol. The van der Waals surface area contributed by atoms with Crippen molar-refractivity contribution in [3.8, 4) is 0 Å². The molecule has 39 heavy (non-hydrogen) atoms. The lowest BCUT2D eigenvalue weighted by atomic mass is 9.58. The Morgan fingerprint density at radius 1 is 1.10 bits per heavy atom. The van der Waals surface area contributed by atoms with Crippen LogP contribution in [0.25, 0.3) is 0 Å². The van der Waals surface area contributed by atoms with Gasteiger partial charge in [0.1, 0.15) is 11.6 Å². The number of rotatable bonds is 7. The molecular formula is C31H40ClF2N3O2. The number of benzene rings is 2. The minimum Gasteiger partial charge on any atom is -0.356 e. The van der Waals surface area contributed by atoms with Gasteiger partial charge in [-0.1, -0.05) is 51.4 Å². The van der Waals surface area contributed by atoms with Crippen molar-refractivity contribution < 1.29 is 18.4 Å². The maximum atomic E-state index is 15.0. The molecule has 2 atom stereocenters. The molecule has 0 radical (unpaired) electrons. The molecule has 0 spiro atoms. The number of likely N-dealkylation sites (tertiary alicyclic amines) is 1. The van der Waals surface area contributed by atoms with E-state index >= 15 is 0 Å². The van der Waals surface area contributed by atoms with E-state index < -0.39 is 28.4 Å². The zero-order chi connectivity index (χ0) is 28.4. The Labute approximate surface area is 235 Å². The van der Waals surface area contributed by atoms with Gasteiger partial charge in [-0.2, -0.15) is 0 Å². The van der Waals surface area contributed by atoms with Gasteiger partial charge in [0.2, 0.25) is 11.8 Å². The van der Waals surface area contributed by atoms with E-state index in [-0.39, 0.29) is 17.7 Å². The first kappa shape index (κ1) is 29.5. The molecule has 2 N–H and O–H groups in total. The number of halogens is 3. The van der Waals surface area contributed by atoms with Gasteiger partial charge in [0, 0.05) is 56.2 Å². The van der Waals surface area contributed by atoms with Crippen LogP contribution in [0.15, 0.2) is 36.4 Å². The number of hydrogen-bond donors (Lipinski definition) is 2. The van der Waals surface area contributed by atoms with Crippen LogP contribution in [0.4, 0.5) is 8.78 Å². The number of amides is 2. The van der Waals surface area contributed by atoms with Crippen molar-refractivity contribution in [3.63, 3.8) is 0 Å². The summed E-state index contributed by atoms with van der Waals surface area (Å²) >= 11 is 6.31. The maximum Gasteiger partial charge on any atom is 0.231 e. The number of nitrogens with zero attached hydrogens (tertiary/aromatic N) is 1. The van der Waals surface area contributed by atoms with E-state index in [2.05, 4.69) is 16.7 Å². The van der Waals surface area contributed by atoms with Gasteiger partial charge in [-0.15, -0.1) is 0 Å². The Morgan fingerprint density at radius 2 is 1.79 bits per heavy atom. The van der Waals surface area contributed by atoms with Crippen molar-refractivity contribution in [2.45, 2.75) is 65.2 Å². The average Bonchev–Trinajstić information content (AvgIpc) is 3.34. The molecule has 4 rings (SSSR count). The fraction of sp³-hybridized carbons (Fsp3) is 0.548. The van der Waals surface area contributed by atoms with Gasteiger partial charge in [0.15, 0.2) is 0 Å². The highest BCUT2D eigenvalue weighted by Crippen LogP contribution is 2.53. The first-order valence-corrected chi connectivity index (χ1v) is 14.4. The molecular weight excluding hydrogens is 520 g/mol. The summed E-state index contributed by atoms with van der Waals surface area (Å²) in [5.41, 5.74) is 1.42. The number of piperidine rings is 1. The molecule has 2 fully saturated rings. The minimum atomic E-state index is -0.860. The van der Waals surface area contributed by atoms with Gasteiger partial charge in [-0.05, 0) is 65.5 Å². The van der Waals surface area contributed by atoms with Crippen LogP contribution in [0.2, 0.25) is 5.02 Å². The summed E-state index contributed by atoms with van der Waals surface area (Å²) < 4.78 is 28.7. The third kappa shape index (κ3) is 5.99. The van der Waals surface area contributed by atoms with Gasteiger partial charge in [0.25, 0.3) is 0 Å². The Hall–Kier alpha value is -2.51. The van der Waals surface area contributed by atoms with Gasteiger partial charge < -0.3 is 15.5 Å². The lowest BCUT2D eigenvalue weighted by Gasteiger charge is -2.48. The number of nitrogens with one attached hydrogen (secondary N) is 2. The Morgan fingerprint density at radius 3 is 2.44 bits per heavy atom. The molecule has 2 aromatic rings. The maximum absolute atomic E-state index is 15.0. The first-order chi connectivity index (χ1) is 18.5. The van der Waals surface area contributed by atoms with Crippen LogP contribution in [0, 0.1) is 22.5 Å². The summed E-state index contributed by atoms with van der Waals surface area (Å²) in [6.07, 6.45) is 2.77. The number of carbonyl (C=O) groups excluding carboxylic acids is 2. The molecule has 0 aliphatic carbocycles. The molecule has 2 aliphatic heterocycles. The van der Waals surface area contributed by atoms with Crippen molar-refractivity contribution >= 4 is 23.4 Å². The monoisotopic (exact) mass is 559 g/mol. The van der Waals surface area contributed by atoms with Crippen LogP contribution < -0.4 is 10.6 Å². The van der Waals surface area contributed by atoms with E-state index in [0.29, 0.717) is 56.2 Å². The van der Waals surface area contributed by atoms with Crippen LogP contribution in [0.1, 0.15) is 75.5 Å². The van der Waals surface area contributed by atoms with Crippen molar-refractivity contribution in [3.05, 3.63) is 69.7 Å². The lowest BCUT2D eigenvalue weighted by molar-refractivity contribution is -0.150. The number of hydrogen-bond acceptors (Lipinski definition) is 3. The summed E-state index contributed by atoms with van der Waals surface area (Å²) in [5, 5.41) is 6.97. The van der Waals surface area contributed by atoms with Crippen LogP contribution >= 0.6 is 11.6 Å². The van der Waals surface area contributed by atoms with Gasteiger partial charge >= 0.3 is 0 Å². The largest absolute Gasteiger partial charge is 0.356 e. The molecule has 2 heterocycles. The summed E-state index contributed by atoms with van der Waals surface area (Å²) in [5.74, 6) is -1.28. The fourth-order valence-corrected chi connectivity index (χ4v) is 6.73. The zero-order valence-electron chi connectivity index (χ0n) is 23.4. The highest BCUT2D eigenvalue weighted by Gasteiger charge is 2.58. The second-order valence-electron chi connectivity index (χ2n) is 11.9. The van der Waals surface area contributed by atoms with Crippen molar-refractivity contribution in [1.29, 1.82) is 0 Å². The second-order valence-corrected chi connectivity index (χ2v) is 12.4. The third-order valence-electron chi connectivity index (χ3n) is 8.77. The van der Waals surface area contributed by atoms with E-state index in [9.17, 15) is 18.4 Å². The Kier molecular flexibility index (Phi) is 9.01. The Balaban J connectivity index is 1.53. The molecule has 212 valence electrons. The summed E-state index contributed by atoms with van der Waals surface area (Å²) in [4.78, 5) is 28.0. The summed E-state index contributed by atoms with van der Waals surface area (Å²) in [6, 6.07) is 9.64. The highest BCUT2D eigenvalue weighted by atomic mass is 35.5. The smallest absolute Gasteiger partial charge is 0.231 e. The molecule has 0 aromatic heterocycles. The Bertz CT molecular complexity index is 1210. The van der Waals surface area contributed by atoms with Crippen molar-refractivity contribution in [2.75, 3.05) is 32.7 Å².